The number of pyridine rings is 1. The van der Waals surface area contributed by atoms with Crippen molar-refractivity contribution in [2.45, 2.75) is 32.9 Å². The van der Waals surface area contributed by atoms with E-state index in [1.165, 1.54) is 11.3 Å². The van der Waals surface area contributed by atoms with Gasteiger partial charge in [0.15, 0.2) is 11.4 Å². The molecule has 2 aliphatic heterocycles. The Kier molecular flexibility index (Phi) is 8.40. The van der Waals surface area contributed by atoms with Crippen LogP contribution < -0.4 is 10.6 Å². The molecular formula is C29H32N6O4S. The minimum atomic E-state index is -1.12. The van der Waals surface area contributed by atoms with E-state index in [1.54, 1.807) is 6.07 Å². The summed E-state index contributed by atoms with van der Waals surface area (Å²) in [4.78, 5) is 38.8. The van der Waals surface area contributed by atoms with Crippen LogP contribution in [0.1, 0.15) is 29.8 Å². The number of thiazole rings is 1. The van der Waals surface area contributed by atoms with Gasteiger partial charge >= 0.3 is 11.9 Å². The molecule has 2 N–H and O–H groups in total. The Bertz CT molecular complexity index is 1420. The van der Waals surface area contributed by atoms with Crippen molar-refractivity contribution >= 4 is 28.3 Å². The lowest BCUT2D eigenvalue weighted by Crippen LogP contribution is -2.49. The molecule has 1 aromatic carbocycles. The molecule has 0 spiro atoms. The standard InChI is InChI=1S/C29H32N6O4S/c1-18-12-23(13-19(2)32-18)26-25(22-5-3-4-20(14-22)16-30)33-29(40-26)35-7-6-21(17-34-8-10-38-11-9-34)15-24(35)39-28(37)27(31)36/h3-5,12-14,21,24H,6-11,15,17H2,1-2H3,(H2,31,36). The lowest BCUT2D eigenvalue weighted by atomic mass is 9.95. The van der Waals surface area contributed by atoms with E-state index in [4.69, 9.17) is 20.2 Å². The molecule has 1 amide bonds. The summed E-state index contributed by atoms with van der Waals surface area (Å²) in [5, 5.41) is 10.2. The topological polar surface area (TPSA) is 135 Å². The number of rotatable bonds is 6. The second kappa shape index (κ2) is 12.1. The number of morpholine rings is 1. The van der Waals surface area contributed by atoms with Crippen molar-refractivity contribution < 1.29 is 19.1 Å². The number of hydrogen-bond donors (Lipinski definition) is 1. The van der Waals surface area contributed by atoms with Crippen molar-refractivity contribution in [3.05, 3.63) is 53.3 Å². The Morgan fingerprint density at radius 1 is 1.12 bits per heavy atom. The Hall–Kier alpha value is -3.85. The van der Waals surface area contributed by atoms with Crippen LogP contribution in [0.25, 0.3) is 21.7 Å². The fourth-order valence-corrected chi connectivity index (χ4v) is 6.49. The molecule has 0 saturated carbocycles. The van der Waals surface area contributed by atoms with Crippen molar-refractivity contribution in [1.29, 1.82) is 5.26 Å². The van der Waals surface area contributed by atoms with Crippen LogP contribution in [-0.4, -0.2) is 72.4 Å². The molecule has 3 aromatic rings. The molecule has 10 nitrogen and oxygen atoms in total. The molecule has 2 aromatic heterocycles. The van der Waals surface area contributed by atoms with E-state index in [2.05, 4.69) is 16.0 Å². The number of primary amides is 1. The number of ether oxygens (including phenoxy) is 2. The third-order valence-electron chi connectivity index (χ3n) is 7.20. The second-order valence-electron chi connectivity index (χ2n) is 10.2. The number of piperidine rings is 1. The molecule has 40 heavy (non-hydrogen) atoms. The maximum absolute atomic E-state index is 12.3. The van der Waals surface area contributed by atoms with Gasteiger partial charge in [-0.3, -0.25) is 14.7 Å². The summed E-state index contributed by atoms with van der Waals surface area (Å²) < 4.78 is 11.1. The Balaban J connectivity index is 1.51. The Morgan fingerprint density at radius 3 is 2.58 bits per heavy atom. The highest BCUT2D eigenvalue weighted by Crippen LogP contribution is 2.43. The molecule has 2 fully saturated rings. The molecule has 11 heteroatoms. The van der Waals surface area contributed by atoms with Gasteiger partial charge in [-0.25, -0.2) is 9.78 Å². The molecule has 2 saturated heterocycles. The predicted octanol–water partition coefficient (Wildman–Crippen LogP) is 3.26. The smallest absolute Gasteiger partial charge is 0.398 e. The average molecular weight is 561 g/mol. The quantitative estimate of drug-likeness (QED) is 0.356. The molecule has 5 rings (SSSR count). The number of esters is 1. The Labute approximate surface area is 237 Å². The second-order valence-corrected chi connectivity index (χ2v) is 11.2. The summed E-state index contributed by atoms with van der Waals surface area (Å²) in [7, 11) is 0. The monoisotopic (exact) mass is 560 g/mol. The normalized spacial score (nSPS) is 19.7. The first-order chi connectivity index (χ1) is 19.3. The number of carbonyl (C=O) groups is 2. The van der Waals surface area contributed by atoms with E-state index in [0.29, 0.717) is 36.9 Å². The zero-order chi connectivity index (χ0) is 28.2. The molecular weight excluding hydrogens is 528 g/mol. The molecule has 2 atom stereocenters. The van der Waals surface area contributed by atoms with Crippen LogP contribution in [-0.2, 0) is 19.1 Å². The van der Waals surface area contributed by atoms with Gasteiger partial charge in [-0.1, -0.05) is 23.5 Å². The van der Waals surface area contributed by atoms with Gasteiger partial charge in [0, 0.05) is 49.6 Å². The summed E-state index contributed by atoms with van der Waals surface area (Å²) in [6.45, 7) is 8.54. The number of nitrogens with two attached hydrogens (primary N) is 1. The summed E-state index contributed by atoms with van der Waals surface area (Å²) in [6, 6.07) is 13.6. The van der Waals surface area contributed by atoms with Crippen LogP contribution >= 0.6 is 11.3 Å². The van der Waals surface area contributed by atoms with Crippen LogP contribution in [0, 0.1) is 31.1 Å². The fourth-order valence-electron chi connectivity index (χ4n) is 5.35. The van der Waals surface area contributed by atoms with Crippen molar-refractivity contribution in [3.8, 4) is 27.8 Å². The number of nitriles is 1. The van der Waals surface area contributed by atoms with Crippen LogP contribution in [0.5, 0.6) is 0 Å². The summed E-state index contributed by atoms with van der Waals surface area (Å²) in [6.07, 6.45) is 0.750. The lowest BCUT2D eigenvalue weighted by Gasteiger charge is -2.40. The number of hydrogen-bond acceptors (Lipinski definition) is 10. The largest absolute Gasteiger partial charge is 0.434 e. The fraction of sp³-hybridized carbons (Fsp3) is 0.414. The number of benzene rings is 1. The minimum absolute atomic E-state index is 0.275. The van der Waals surface area contributed by atoms with E-state index in [0.717, 1.165) is 59.1 Å². The number of aryl methyl sites for hydroxylation is 2. The van der Waals surface area contributed by atoms with Gasteiger partial charge in [-0.05, 0) is 56.0 Å². The van der Waals surface area contributed by atoms with Gasteiger partial charge in [-0.2, -0.15) is 5.26 Å². The first-order valence-corrected chi connectivity index (χ1v) is 14.2. The van der Waals surface area contributed by atoms with Gasteiger partial charge < -0.3 is 20.1 Å². The van der Waals surface area contributed by atoms with E-state index in [9.17, 15) is 14.9 Å². The van der Waals surface area contributed by atoms with Crippen molar-refractivity contribution in [2.24, 2.45) is 11.7 Å². The highest BCUT2D eigenvalue weighted by molar-refractivity contribution is 7.19. The van der Waals surface area contributed by atoms with Gasteiger partial charge in [0.05, 0.1) is 35.4 Å². The van der Waals surface area contributed by atoms with E-state index >= 15 is 0 Å². The average Bonchev–Trinajstić information content (AvgIpc) is 3.39. The predicted molar refractivity (Wildman–Crippen MR) is 151 cm³/mol. The molecule has 2 aliphatic rings. The van der Waals surface area contributed by atoms with Crippen LogP contribution in [0.2, 0.25) is 0 Å². The minimum Gasteiger partial charge on any atom is -0.434 e. The van der Waals surface area contributed by atoms with E-state index in [-0.39, 0.29) is 5.92 Å². The Morgan fingerprint density at radius 2 is 1.88 bits per heavy atom. The maximum Gasteiger partial charge on any atom is 0.398 e. The molecule has 2 unspecified atom stereocenters. The molecule has 0 radical (unpaired) electrons. The van der Waals surface area contributed by atoms with Gasteiger partial charge in [0.2, 0.25) is 0 Å². The summed E-state index contributed by atoms with van der Waals surface area (Å²) >= 11 is 1.49. The van der Waals surface area contributed by atoms with Crippen molar-refractivity contribution in [1.82, 2.24) is 14.9 Å². The third kappa shape index (κ3) is 6.31. The van der Waals surface area contributed by atoms with Crippen molar-refractivity contribution in [3.63, 3.8) is 0 Å². The highest BCUT2D eigenvalue weighted by atomic mass is 32.1. The highest BCUT2D eigenvalue weighted by Gasteiger charge is 2.35. The van der Waals surface area contributed by atoms with Gasteiger partial charge in [0.1, 0.15) is 0 Å². The zero-order valence-electron chi connectivity index (χ0n) is 22.6. The first kappa shape index (κ1) is 27.7. The number of amides is 1. The van der Waals surface area contributed by atoms with Crippen molar-refractivity contribution in [2.75, 3.05) is 44.3 Å². The van der Waals surface area contributed by atoms with Crippen LogP contribution in [0.3, 0.4) is 0 Å². The number of carbonyl (C=O) groups excluding carboxylic acids is 2. The summed E-state index contributed by atoms with van der Waals surface area (Å²) in [5.41, 5.74) is 10.1. The lowest BCUT2D eigenvalue weighted by molar-refractivity contribution is -0.159. The zero-order valence-corrected chi connectivity index (χ0v) is 23.4. The number of anilines is 1. The molecule has 208 valence electrons. The third-order valence-corrected chi connectivity index (χ3v) is 8.34. The van der Waals surface area contributed by atoms with Gasteiger partial charge in [-0.15, -0.1) is 0 Å². The number of aromatic nitrogens is 2. The van der Waals surface area contributed by atoms with Gasteiger partial charge in [0.25, 0.3) is 0 Å². The first-order valence-electron chi connectivity index (χ1n) is 13.3. The number of nitrogens with zero attached hydrogens (tertiary/aromatic N) is 5. The molecule has 0 aliphatic carbocycles. The van der Waals surface area contributed by atoms with Crippen LogP contribution in [0.4, 0.5) is 5.13 Å². The SMILES string of the molecule is Cc1cc(-c2sc(N3CCC(CN4CCOCC4)CC3OC(=O)C(N)=O)nc2-c2cccc(C#N)c2)cc(C)n1. The van der Waals surface area contributed by atoms with Crippen LogP contribution in [0.15, 0.2) is 36.4 Å². The summed E-state index contributed by atoms with van der Waals surface area (Å²) in [5.74, 6) is -1.90. The molecule has 0 bridgehead atoms. The molecule has 4 heterocycles. The maximum atomic E-state index is 12.3. The van der Waals surface area contributed by atoms with E-state index in [1.807, 2.05) is 49.1 Å². The van der Waals surface area contributed by atoms with E-state index < -0.39 is 18.1 Å².